The van der Waals surface area contributed by atoms with E-state index < -0.39 is 0 Å². The van der Waals surface area contributed by atoms with Crippen LogP contribution < -0.4 is 9.47 Å². The molecule has 0 aromatic heterocycles. The van der Waals surface area contributed by atoms with Gasteiger partial charge in [-0.2, -0.15) is 0 Å². The number of benzene rings is 1. The Bertz CT molecular complexity index is 594. The summed E-state index contributed by atoms with van der Waals surface area (Å²) in [7, 11) is 0. The van der Waals surface area contributed by atoms with Crippen LogP contribution in [0.15, 0.2) is 18.2 Å². The average molecular weight is 318 g/mol. The van der Waals surface area contributed by atoms with Crippen molar-refractivity contribution >= 4 is 11.7 Å². The first-order valence-electron chi connectivity index (χ1n) is 8.10. The molecule has 0 unspecified atom stereocenters. The molecule has 6 nitrogen and oxygen atoms in total. The molecule has 1 saturated heterocycles. The maximum atomic E-state index is 12.4. The number of carbonyl (C=O) groups is 2. The second-order valence-corrected chi connectivity index (χ2v) is 5.90. The maximum absolute atomic E-state index is 12.4. The lowest BCUT2D eigenvalue weighted by molar-refractivity contribution is -0.132. The van der Waals surface area contributed by atoms with Crippen molar-refractivity contribution in [1.82, 2.24) is 9.80 Å². The number of fused-ring (bicyclic) bond motifs is 1. The Kier molecular flexibility index (Phi) is 4.81. The first-order chi connectivity index (χ1) is 11.2. The van der Waals surface area contributed by atoms with E-state index in [0.717, 1.165) is 19.5 Å². The van der Waals surface area contributed by atoms with Gasteiger partial charge in [0.2, 0.25) is 12.7 Å². The molecule has 0 spiro atoms. The van der Waals surface area contributed by atoms with Crippen molar-refractivity contribution < 1.29 is 19.1 Å². The molecule has 0 N–H and O–H groups in total. The second-order valence-electron chi connectivity index (χ2n) is 5.90. The summed E-state index contributed by atoms with van der Waals surface area (Å²) in [6, 6.07) is 5.29. The third kappa shape index (κ3) is 3.64. The van der Waals surface area contributed by atoms with Crippen LogP contribution in [0, 0.1) is 0 Å². The molecule has 0 aliphatic carbocycles. The van der Waals surface area contributed by atoms with Crippen LogP contribution in [0.25, 0.3) is 0 Å². The molecule has 3 rings (SSSR count). The van der Waals surface area contributed by atoms with E-state index in [1.54, 1.807) is 18.2 Å². The lowest BCUT2D eigenvalue weighted by Crippen LogP contribution is -2.49. The van der Waals surface area contributed by atoms with E-state index in [1.165, 1.54) is 0 Å². The minimum Gasteiger partial charge on any atom is -0.454 e. The molecule has 1 aromatic rings. The molecule has 2 heterocycles. The fourth-order valence-corrected chi connectivity index (χ4v) is 2.89. The highest BCUT2D eigenvalue weighted by molar-refractivity contribution is 5.98. The quantitative estimate of drug-likeness (QED) is 0.771. The Morgan fingerprint density at radius 1 is 1.09 bits per heavy atom. The fourth-order valence-electron chi connectivity index (χ4n) is 2.89. The normalized spacial score (nSPS) is 17.3. The van der Waals surface area contributed by atoms with Gasteiger partial charge in [0.15, 0.2) is 17.3 Å². The zero-order valence-corrected chi connectivity index (χ0v) is 13.4. The summed E-state index contributed by atoms with van der Waals surface area (Å²) in [6.07, 6.45) is 1.48. The van der Waals surface area contributed by atoms with Crippen molar-refractivity contribution in [3.8, 4) is 11.5 Å². The highest BCUT2D eigenvalue weighted by Crippen LogP contribution is 2.32. The van der Waals surface area contributed by atoms with E-state index in [4.69, 9.17) is 9.47 Å². The zero-order valence-electron chi connectivity index (χ0n) is 13.4. The van der Waals surface area contributed by atoms with Gasteiger partial charge in [-0.25, -0.2) is 0 Å². The summed E-state index contributed by atoms with van der Waals surface area (Å²) in [6.45, 7) is 5.48. The van der Waals surface area contributed by atoms with E-state index in [2.05, 4.69) is 4.90 Å². The largest absolute Gasteiger partial charge is 0.454 e. The molecular weight excluding hydrogens is 296 g/mol. The van der Waals surface area contributed by atoms with Crippen LogP contribution in [-0.4, -0.2) is 61.0 Å². The van der Waals surface area contributed by atoms with E-state index in [0.29, 0.717) is 43.1 Å². The third-order valence-corrected chi connectivity index (χ3v) is 4.25. The van der Waals surface area contributed by atoms with Gasteiger partial charge in [-0.3, -0.25) is 14.5 Å². The lowest BCUT2D eigenvalue weighted by atomic mass is 10.1. The summed E-state index contributed by atoms with van der Waals surface area (Å²) >= 11 is 0. The van der Waals surface area contributed by atoms with Gasteiger partial charge in [-0.05, 0) is 24.6 Å². The van der Waals surface area contributed by atoms with Crippen LogP contribution >= 0.6 is 0 Å². The van der Waals surface area contributed by atoms with Crippen molar-refractivity contribution in [2.45, 2.75) is 19.8 Å². The third-order valence-electron chi connectivity index (χ3n) is 4.25. The molecule has 6 heteroatoms. The number of Topliss-reactive ketones (excluding diaryl/α,β-unsaturated/α-hetero) is 1. The monoisotopic (exact) mass is 318 g/mol. The first-order valence-corrected chi connectivity index (χ1v) is 8.10. The summed E-state index contributed by atoms with van der Waals surface area (Å²) in [4.78, 5) is 28.3. The SMILES string of the molecule is CCCC(=O)N1CCN(CC(=O)c2ccc3c(c2)OCO3)CC1. The Labute approximate surface area is 136 Å². The van der Waals surface area contributed by atoms with Gasteiger partial charge in [0.05, 0.1) is 6.54 Å². The van der Waals surface area contributed by atoms with Crippen LogP contribution in [0.2, 0.25) is 0 Å². The van der Waals surface area contributed by atoms with Gasteiger partial charge in [0, 0.05) is 38.2 Å². The van der Waals surface area contributed by atoms with Gasteiger partial charge < -0.3 is 14.4 Å². The first kappa shape index (κ1) is 15.8. The van der Waals surface area contributed by atoms with Crippen molar-refractivity contribution in [1.29, 1.82) is 0 Å². The number of ketones is 1. The Hall–Kier alpha value is -2.08. The Morgan fingerprint density at radius 3 is 2.57 bits per heavy atom. The van der Waals surface area contributed by atoms with Crippen LogP contribution in [0.3, 0.4) is 0 Å². The molecular formula is C17H22N2O4. The van der Waals surface area contributed by atoms with E-state index in [9.17, 15) is 9.59 Å². The Morgan fingerprint density at radius 2 is 1.83 bits per heavy atom. The van der Waals surface area contributed by atoms with Crippen molar-refractivity contribution in [2.24, 2.45) is 0 Å². The molecule has 1 fully saturated rings. The molecule has 2 aliphatic rings. The van der Waals surface area contributed by atoms with Crippen molar-refractivity contribution in [3.63, 3.8) is 0 Å². The molecule has 0 bridgehead atoms. The summed E-state index contributed by atoms with van der Waals surface area (Å²) < 4.78 is 10.6. The number of piperazine rings is 1. The maximum Gasteiger partial charge on any atom is 0.231 e. The zero-order chi connectivity index (χ0) is 16.2. The number of ether oxygens (including phenoxy) is 2. The predicted octanol–water partition coefficient (Wildman–Crippen LogP) is 1.54. The van der Waals surface area contributed by atoms with Gasteiger partial charge >= 0.3 is 0 Å². The topological polar surface area (TPSA) is 59.1 Å². The minimum absolute atomic E-state index is 0.0663. The molecule has 2 aliphatic heterocycles. The lowest BCUT2D eigenvalue weighted by Gasteiger charge is -2.34. The molecule has 0 radical (unpaired) electrons. The number of hydrogen-bond donors (Lipinski definition) is 0. The fraction of sp³-hybridized carbons (Fsp3) is 0.529. The van der Waals surface area contributed by atoms with E-state index in [-0.39, 0.29) is 18.5 Å². The molecule has 1 amide bonds. The number of nitrogens with zero attached hydrogens (tertiary/aromatic N) is 2. The van der Waals surface area contributed by atoms with Crippen LogP contribution in [0.4, 0.5) is 0 Å². The molecule has 124 valence electrons. The van der Waals surface area contributed by atoms with E-state index >= 15 is 0 Å². The number of carbonyl (C=O) groups excluding carboxylic acids is 2. The average Bonchev–Trinajstić information content (AvgIpc) is 3.03. The van der Waals surface area contributed by atoms with Crippen LogP contribution in [0.5, 0.6) is 11.5 Å². The standard InChI is InChI=1S/C17H22N2O4/c1-2-3-17(21)19-8-6-18(7-9-19)11-14(20)13-4-5-15-16(10-13)23-12-22-15/h4-5,10H,2-3,6-9,11-12H2,1H3. The number of rotatable bonds is 5. The number of amides is 1. The highest BCUT2D eigenvalue weighted by atomic mass is 16.7. The molecule has 0 atom stereocenters. The van der Waals surface area contributed by atoms with Gasteiger partial charge in [-0.1, -0.05) is 6.92 Å². The Balaban J connectivity index is 1.52. The summed E-state index contributed by atoms with van der Waals surface area (Å²) in [5.74, 6) is 1.60. The van der Waals surface area contributed by atoms with Gasteiger partial charge in [0.25, 0.3) is 0 Å². The molecule has 1 aromatic carbocycles. The second kappa shape index (κ2) is 7.00. The van der Waals surface area contributed by atoms with Gasteiger partial charge in [0.1, 0.15) is 0 Å². The smallest absolute Gasteiger partial charge is 0.231 e. The minimum atomic E-state index is 0.0663. The van der Waals surface area contributed by atoms with Crippen molar-refractivity contribution in [3.05, 3.63) is 23.8 Å². The van der Waals surface area contributed by atoms with Crippen LogP contribution in [0.1, 0.15) is 30.1 Å². The van der Waals surface area contributed by atoms with E-state index in [1.807, 2.05) is 11.8 Å². The van der Waals surface area contributed by atoms with Gasteiger partial charge in [-0.15, -0.1) is 0 Å². The van der Waals surface area contributed by atoms with Crippen LogP contribution in [-0.2, 0) is 4.79 Å². The molecule has 23 heavy (non-hydrogen) atoms. The summed E-state index contributed by atoms with van der Waals surface area (Å²) in [5, 5.41) is 0. The summed E-state index contributed by atoms with van der Waals surface area (Å²) in [5.41, 5.74) is 0.638. The number of hydrogen-bond acceptors (Lipinski definition) is 5. The van der Waals surface area contributed by atoms with Crippen molar-refractivity contribution in [2.75, 3.05) is 39.5 Å². The predicted molar refractivity (Wildman–Crippen MR) is 84.8 cm³/mol. The highest BCUT2D eigenvalue weighted by Gasteiger charge is 2.23. The molecule has 0 saturated carbocycles.